The number of guanidine groups is 1. The van der Waals surface area contributed by atoms with Gasteiger partial charge in [0.05, 0.1) is 0 Å². The molecule has 5 heteroatoms. The van der Waals surface area contributed by atoms with Gasteiger partial charge in [-0.3, -0.25) is 9.79 Å². The molecule has 2 N–H and O–H groups in total. The summed E-state index contributed by atoms with van der Waals surface area (Å²) in [7, 11) is 1.76. The predicted octanol–water partition coefficient (Wildman–Crippen LogP) is 3.34. The van der Waals surface area contributed by atoms with Crippen molar-refractivity contribution in [1.82, 2.24) is 15.5 Å². The second-order valence-electron chi connectivity index (χ2n) is 6.44. The quantitative estimate of drug-likeness (QED) is 0.584. The van der Waals surface area contributed by atoms with Gasteiger partial charge in [-0.2, -0.15) is 0 Å². The molecule has 144 valence electrons. The lowest BCUT2D eigenvalue weighted by atomic mass is 10.1. The third-order valence-corrected chi connectivity index (χ3v) is 4.52. The first-order valence-corrected chi connectivity index (χ1v) is 9.45. The van der Waals surface area contributed by atoms with Crippen molar-refractivity contribution in [1.29, 1.82) is 0 Å². The van der Waals surface area contributed by atoms with E-state index in [4.69, 9.17) is 0 Å². The lowest BCUT2D eigenvalue weighted by Crippen LogP contribution is -2.36. The standard InChI is InChI=1S/C22H30N4O/c1-5-26(6-2)21(27)20-13-11-19(12-14-20)16-25-22(23-4)24-15-18-9-7-17(3)8-10-18/h7-14H,5-6,15-16H2,1-4H3,(H2,23,24,25). The Labute approximate surface area is 162 Å². The van der Waals surface area contributed by atoms with Gasteiger partial charge in [0.25, 0.3) is 5.91 Å². The molecular weight excluding hydrogens is 336 g/mol. The molecule has 2 aromatic carbocycles. The molecule has 0 atom stereocenters. The third-order valence-electron chi connectivity index (χ3n) is 4.52. The van der Waals surface area contributed by atoms with Crippen molar-refractivity contribution in [2.24, 2.45) is 4.99 Å². The Morgan fingerprint density at radius 1 is 0.889 bits per heavy atom. The molecule has 0 unspecified atom stereocenters. The van der Waals surface area contributed by atoms with Crippen molar-refractivity contribution in [3.8, 4) is 0 Å². The van der Waals surface area contributed by atoms with E-state index in [1.807, 2.05) is 43.0 Å². The van der Waals surface area contributed by atoms with Gasteiger partial charge in [-0.15, -0.1) is 0 Å². The van der Waals surface area contributed by atoms with Gasteiger partial charge < -0.3 is 15.5 Å². The van der Waals surface area contributed by atoms with Gasteiger partial charge in [0.2, 0.25) is 0 Å². The average molecular weight is 367 g/mol. The molecule has 0 spiro atoms. The van der Waals surface area contributed by atoms with Gasteiger partial charge in [-0.25, -0.2) is 0 Å². The highest BCUT2D eigenvalue weighted by Crippen LogP contribution is 2.08. The summed E-state index contributed by atoms with van der Waals surface area (Å²) >= 11 is 0. The Kier molecular flexibility index (Phi) is 7.86. The molecule has 0 saturated carbocycles. The van der Waals surface area contributed by atoms with Crippen molar-refractivity contribution in [2.75, 3.05) is 20.1 Å². The molecule has 0 bridgehead atoms. The van der Waals surface area contributed by atoms with Crippen LogP contribution in [0.15, 0.2) is 53.5 Å². The summed E-state index contributed by atoms with van der Waals surface area (Å²) < 4.78 is 0. The van der Waals surface area contributed by atoms with Crippen LogP contribution in [0.3, 0.4) is 0 Å². The molecule has 0 aliphatic carbocycles. The first-order chi connectivity index (χ1) is 13.1. The van der Waals surface area contributed by atoms with Crippen LogP contribution >= 0.6 is 0 Å². The fourth-order valence-corrected chi connectivity index (χ4v) is 2.76. The average Bonchev–Trinajstić information content (AvgIpc) is 2.70. The Morgan fingerprint density at radius 3 is 1.81 bits per heavy atom. The molecule has 0 radical (unpaired) electrons. The van der Waals surface area contributed by atoms with Gasteiger partial charge in [0.15, 0.2) is 5.96 Å². The highest BCUT2D eigenvalue weighted by atomic mass is 16.2. The normalized spacial score (nSPS) is 11.2. The van der Waals surface area contributed by atoms with E-state index in [0.29, 0.717) is 6.54 Å². The SMILES string of the molecule is CCN(CC)C(=O)c1ccc(CNC(=NC)NCc2ccc(C)cc2)cc1. The van der Waals surface area contributed by atoms with E-state index in [9.17, 15) is 4.79 Å². The van der Waals surface area contributed by atoms with E-state index in [2.05, 4.69) is 46.8 Å². The maximum atomic E-state index is 12.4. The molecule has 2 aromatic rings. The number of aryl methyl sites for hydroxylation is 1. The van der Waals surface area contributed by atoms with Crippen molar-refractivity contribution >= 4 is 11.9 Å². The maximum Gasteiger partial charge on any atom is 0.253 e. The molecule has 0 saturated heterocycles. The molecule has 0 heterocycles. The van der Waals surface area contributed by atoms with Crippen molar-refractivity contribution in [3.05, 3.63) is 70.8 Å². The van der Waals surface area contributed by atoms with E-state index >= 15 is 0 Å². The number of nitrogens with zero attached hydrogens (tertiary/aromatic N) is 2. The number of carbonyl (C=O) groups excluding carboxylic acids is 1. The van der Waals surface area contributed by atoms with Crippen LogP contribution in [0, 0.1) is 6.92 Å². The summed E-state index contributed by atoms with van der Waals surface area (Å²) in [6.45, 7) is 8.89. The predicted molar refractivity (Wildman–Crippen MR) is 112 cm³/mol. The summed E-state index contributed by atoms with van der Waals surface area (Å²) in [5.41, 5.74) is 4.29. The summed E-state index contributed by atoms with van der Waals surface area (Å²) in [6.07, 6.45) is 0. The Bertz CT molecular complexity index is 747. The van der Waals surface area contributed by atoms with Gasteiger partial charge >= 0.3 is 0 Å². The number of rotatable bonds is 7. The summed E-state index contributed by atoms with van der Waals surface area (Å²) in [5, 5.41) is 6.62. The zero-order chi connectivity index (χ0) is 19.6. The second kappa shape index (κ2) is 10.4. The Balaban J connectivity index is 1.87. The van der Waals surface area contributed by atoms with Gasteiger partial charge in [0, 0.05) is 38.8 Å². The van der Waals surface area contributed by atoms with Crippen LogP contribution in [0.5, 0.6) is 0 Å². The zero-order valence-corrected chi connectivity index (χ0v) is 16.7. The highest BCUT2D eigenvalue weighted by molar-refractivity contribution is 5.94. The third kappa shape index (κ3) is 6.13. The number of hydrogen-bond donors (Lipinski definition) is 2. The van der Waals surface area contributed by atoms with Crippen molar-refractivity contribution in [2.45, 2.75) is 33.9 Å². The minimum absolute atomic E-state index is 0.0788. The smallest absolute Gasteiger partial charge is 0.253 e. The summed E-state index contributed by atoms with van der Waals surface area (Å²) in [4.78, 5) is 18.4. The van der Waals surface area contributed by atoms with Gasteiger partial charge in [-0.05, 0) is 44.0 Å². The number of carbonyl (C=O) groups is 1. The molecule has 0 fully saturated rings. The Hall–Kier alpha value is -2.82. The number of aliphatic imine (C=N–C) groups is 1. The minimum atomic E-state index is 0.0788. The highest BCUT2D eigenvalue weighted by Gasteiger charge is 2.11. The molecule has 0 aliphatic rings. The van der Waals surface area contributed by atoms with E-state index in [1.165, 1.54) is 11.1 Å². The van der Waals surface area contributed by atoms with Crippen molar-refractivity contribution < 1.29 is 4.79 Å². The van der Waals surface area contributed by atoms with Gasteiger partial charge in [-0.1, -0.05) is 42.0 Å². The van der Waals surface area contributed by atoms with Crippen molar-refractivity contribution in [3.63, 3.8) is 0 Å². The molecule has 0 aliphatic heterocycles. The first kappa shape index (κ1) is 20.5. The van der Waals surface area contributed by atoms with Crippen LogP contribution in [-0.4, -0.2) is 36.9 Å². The van der Waals surface area contributed by atoms with Crippen LogP contribution in [0.2, 0.25) is 0 Å². The molecule has 5 nitrogen and oxygen atoms in total. The minimum Gasteiger partial charge on any atom is -0.352 e. The van der Waals surface area contributed by atoms with Crippen LogP contribution in [0.1, 0.15) is 40.9 Å². The molecule has 0 aromatic heterocycles. The lowest BCUT2D eigenvalue weighted by Gasteiger charge is -2.18. The van der Waals surface area contributed by atoms with E-state index in [1.54, 1.807) is 7.05 Å². The van der Waals surface area contributed by atoms with Crippen LogP contribution in [-0.2, 0) is 13.1 Å². The van der Waals surface area contributed by atoms with E-state index in [0.717, 1.165) is 36.7 Å². The molecule has 27 heavy (non-hydrogen) atoms. The largest absolute Gasteiger partial charge is 0.352 e. The molecule has 2 rings (SSSR count). The van der Waals surface area contributed by atoms with E-state index < -0.39 is 0 Å². The summed E-state index contributed by atoms with van der Waals surface area (Å²) in [6, 6.07) is 16.2. The number of hydrogen-bond acceptors (Lipinski definition) is 2. The van der Waals surface area contributed by atoms with Crippen LogP contribution in [0.4, 0.5) is 0 Å². The van der Waals surface area contributed by atoms with Crippen LogP contribution in [0.25, 0.3) is 0 Å². The lowest BCUT2D eigenvalue weighted by molar-refractivity contribution is 0.0773. The van der Waals surface area contributed by atoms with E-state index in [-0.39, 0.29) is 5.91 Å². The molecular formula is C22H30N4O. The van der Waals surface area contributed by atoms with Crippen LogP contribution < -0.4 is 10.6 Å². The number of nitrogens with one attached hydrogen (secondary N) is 2. The topological polar surface area (TPSA) is 56.7 Å². The maximum absolute atomic E-state index is 12.4. The first-order valence-electron chi connectivity index (χ1n) is 9.45. The number of benzene rings is 2. The fourth-order valence-electron chi connectivity index (χ4n) is 2.76. The number of amides is 1. The Morgan fingerprint density at radius 2 is 1.37 bits per heavy atom. The monoisotopic (exact) mass is 366 g/mol. The fraction of sp³-hybridized carbons (Fsp3) is 0.364. The summed E-state index contributed by atoms with van der Waals surface area (Å²) in [5.74, 6) is 0.828. The second-order valence-corrected chi connectivity index (χ2v) is 6.44. The van der Waals surface area contributed by atoms with Gasteiger partial charge in [0.1, 0.15) is 0 Å². The molecule has 1 amide bonds. The zero-order valence-electron chi connectivity index (χ0n) is 16.7.